The number of aromatic nitrogens is 1. The first kappa shape index (κ1) is 16.8. The molecule has 1 unspecified atom stereocenters. The summed E-state index contributed by atoms with van der Waals surface area (Å²) in [6.45, 7) is 4.40. The third-order valence-electron chi connectivity index (χ3n) is 4.14. The summed E-state index contributed by atoms with van der Waals surface area (Å²) in [5.74, 6) is 0.982. The van der Waals surface area contributed by atoms with Crippen molar-refractivity contribution in [2.24, 2.45) is 0 Å². The molecule has 5 nitrogen and oxygen atoms in total. The largest absolute Gasteiger partial charge is 0.494 e. The van der Waals surface area contributed by atoms with Crippen LogP contribution in [0.15, 0.2) is 35.8 Å². The quantitative estimate of drug-likeness (QED) is 0.838. The van der Waals surface area contributed by atoms with Gasteiger partial charge in [-0.2, -0.15) is 0 Å². The van der Waals surface area contributed by atoms with Crippen LogP contribution in [0.25, 0.3) is 0 Å². The van der Waals surface area contributed by atoms with Gasteiger partial charge in [0.15, 0.2) is 5.13 Å². The summed E-state index contributed by atoms with van der Waals surface area (Å²) in [6, 6.07) is 8.14. The second-order valence-electron chi connectivity index (χ2n) is 5.85. The summed E-state index contributed by atoms with van der Waals surface area (Å²) in [4.78, 5) is 18.8. The van der Waals surface area contributed by atoms with Crippen molar-refractivity contribution in [3.63, 3.8) is 0 Å². The number of carbonyl (C=O) groups is 1. The summed E-state index contributed by atoms with van der Waals surface area (Å²) in [6.07, 6.45) is 3.98. The van der Waals surface area contributed by atoms with Crippen LogP contribution in [0.5, 0.6) is 5.75 Å². The molecule has 1 fully saturated rings. The Hall–Kier alpha value is -2.08. The summed E-state index contributed by atoms with van der Waals surface area (Å²) in [5, 5.41) is 6.17. The molecule has 1 amide bonds. The van der Waals surface area contributed by atoms with E-state index < -0.39 is 0 Å². The third-order valence-corrected chi connectivity index (χ3v) is 4.97. The van der Waals surface area contributed by atoms with Gasteiger partial charge in [0.05, 0.1) is 6.61 Å². The molecular weight excluding hydrogens is 322 g/mol. The Kier molecular flexibility index (Phi) is 5.69. The van der Waals surface area contributed by atoms with E-state index in [1.807, 2.05) is 42.8 Å². The minimum absolute atomic E-state index is 0.104. The molecule has 0 saturated carbocycles. The molecule has 1 atom stereocenters. The van der Waals surface area contributed by atoms with Crippen molar-refractivity contribution in [3.8, 4) is 5.75 Å². The van der Waals surface area contributed by atoms with Crippen molar-refractivity contribution in [3.05, 3.63) is 41.4 Å². The first-order chi connectivity index (χ1) is 11.8. The average molecular weight is 345 g/mol. The van der Waals surface area contributed by atoms with Crippen LogP contribution < -0.4 is 15.0 Å². The van der Waals surface area contributed by atoms with E-state index in [0.29, 0.717) is 19.4 Å². The van der Waals surface area contributed by atoms with Crippen LogP contribution >= 0.6 is 11.3 Å². The molecule has 2 aromatic rings. The third kappa shape index (κ3) is 4.26. The van der Waals surface area contributed by atoms with Crippen LogP contribution in [0.1, 0.15) is 25.3 Å². The van der Waals surface area contributed by atoms with Crippen LogP contribution in [-0.2, 0) is 11.2 Å². The van der Waals surface area contributed by atoms with Gasteiger partial charge >= 0.3 is 0 Å². The minimum atomic E-state index is 0.104. The van der Waals surface area contributed by atoms with E-state index in [0.717, 1.165) is 36.0 Å². The second-order valence-corrected chi connectivity index (χ2v) is 6.73. The highest BCUT2D eigenvalue weighted by atomic mass is 32.1. The fraction of sp³-hybridized carbons (Fsp3) is 0.444. The molecule has 3 rings (SSSR count). The molecule has 1 aliphatic heterocycles. The molecule has 1 aromatic heterocycles. The number of nitrogens with zero attached hydrogens (tertiary/aromatic N) is 2. The van der Waals surface area contributed by atoms with Crippen molar-refractivity contribution < 1.29 is 9.53 Å². The van der Waals surface area contributed by atoms with Crippen LogP contribution in [0.4, 0.5) is 5.13 Å². The average Bonchev–Trinajstić information content (AvgIpc) is 3.25. The first-order valence-electron chi connectivity index (χ1n) is 8.40. The molecular formula is C18H23N3O2S. The van der Waals surface area contributed by atoms with E-state index in [9.17, 15) is 4.79 Å². The lowest BCUT2D eigenvalue weighted by Crippen LogP contribution is -2.37. The van der Waals surface area contributed by atoms with Gasteiger partial charge in [0.2, 0.25) is 5.91 Å². The standard InChI is InChI=1S/C18H23N3O2S/c1-2-23-16-6-4-3-5-14(16)7-8-17(22)20-15-9-11-21(13-15)18-19-10-12-24-18/h3-6,10,12,15H,2,7-9,11,13H2,1H3,(H,20,22). The molecule has 128 valence electrons. The number of anilines is 1. The van der Waals surface area contributed by atoms with Gasteiger partial charge in [-0.05, 0) is 31.4 Å². The van der Waals surface area contributed by atoms with Crippen LogP contribution in [0, 0.1) is 0 Å². The van der Waals surface area contributed by atoms with E-state index in [2.05, 4.69) is 15.2 Å². The summed E-state index contributed by atoms with van der Waals surface area (Å²) < 4.78 is 5.61. The fourth-order valence-corrected chi connectivity index (χ4v) is 3.66. The number of rotatable bonds is 7. The summed E-state index contributed by atoms with van der Waals surface area (Å²) >= 11 is 1.64. The molecule has 1 aliphatic rings. The van der Waals surface area contributed by atoms with Gasteiger partial charge in [-0.25, -0.2) is 4.98 Å². The zero-order valence-electron chi connectivity index (χ0n) is 13.9. The zero-order valence-corrected chi connectivity index (χ0v) is 14.7. The Morgan fingerprint density at radius 1 is 1.46 bits per heavy atom. The fourth-order valence-electron chi connectivity index (χ4n) is 2.98. The van der Waals surface area contributed by atoms with Gasteiger partial charge in [0.1, 0.15) is 5.75 Å². The highest BCUT2D eigenvalue weighted by Gasteiger charge is 2.25. The molecule has 1 saturated heterocycles. The Morgan fingerprint density at radius 3 is 3.12 bits per heavy atom. The van der Waals surface area contributed by atoms with Crippen LogP contribution in [0.3, 0.4) is 0 Å². The van der Waals surface area contributed by atoms with E-state index in [4.69, 9.17) is 4.74 Å². The SMILES string of the molecule is CCOc1ccccc1CCC(=O)NC1CCN(c2nccs2)C1. The molecule has 1 N–H and O–H groups in total. The molecule has 0 aliphatic carbocycles. The molecule has 24 heavy (non-hydrogen) atoms. The highest BCUT2D eigenvalue weighted by Crippen LogP contribution is 2.23. The molecule has 0 spiro atoms. The van der Waals surface area contributed by atoms with Gasteiger partial charge in [0.25, 0.3) is 0 Å². The molecule has 2 heterocycles. The normalized spacial score (nSPS) is 17.0. The van der Waals surface area contributed by atoms with Crippen LogP contribution in [0.2, 0.25) is 0 Å². The first-order valence-corrected chi connectivity index (χ1v) is 9.28. The van der Waals surface area contributed by atoms with Crippen molar-refractivity contribution in [1.82, 2.24) is 10.3 Å². The second kappa shape index (κ2) is 8.15. The Morgan fingerprint density at radius 2 is 2.33 bits per heavy atom. The molecule has 1 aromatic carbocycles. The minimum Gasteiger partial charge on any atom is -0.494 e. The number of para-hydroxylation sites is 1. The van der Waals surface area contributed by atoms with Gasteiger partial charge in [-0.3, -0.25) is 4.79 Å². The van der Waals surface area contributed by atoms with E-state index in [1.165, 1.54) is 0 Å². The number of benzene rings is 1. The van der Waals surface area contributed by atoms with E-state index >= 15 is 0 Å². The molecule has 0 bridgehead atoms. The van der Waals surface area contributed by atoms with Gasteiger partial charge in [0, 0.05) is 37.1 Å². The van der Waals surface area contributed by atoms with E-state index in [1.54, 1.807) is 11.3 Å². The number of hydrogen-bond acceptors (Lipinski definition) is 5. The predicted octanol–water partition coefficient (Wildman–Crippen LogP) is 2.87. The van der Waals surface area contributed by atoms with Crippen molar-refractivity contribution in [2.75, 3.05) is 24.6 Å². The number of hydrogen-bond donors (Lipinski definition) is 1. The van der Waals surface area contributed by atoms with Crippen molar-refractivity contribution in [1.29, 1.82) is 0 Å². The zero-order chi connectivity index (χ0) is 16.8. The lowest BCUT2D eigenvalue weighted by atomic mass is 10.1. The molecule has 0 radical (unpaired) electrons. The monoisotopic (exact) mass is 345 g/mol. The Bertz CT molecular complexity index is 660. The maximum Gasteiger partial charge on any atom is 0.220 e. The van der Waals surface area contributed by atoms with Gasteiger partial charge in [-0.15, -0.1) is 11.3 Å². The maximum atomic E-state index is 12.3. The van der Waals surface area contributed by atoms with E-state index in [-0.39, 0.29) is 11.9 Å². The smallest absolute Gasteiger partial charge is 0.220 e. The Balaban J connectivity index is 1.47. The number of carbonyl (C=O) groups excluding carboxylic acids is 1. The number of nitrogens with one attached hydrogen (secondary N) is 1. The number of ether oxygens (including phenoxy) is 1. The summed E-state index contributed by atoms with van der Waals surface area (Å²) in [7, 11) is 0. The lowest BCUT2D eigenvalue weighted by molar-refractivity contribution is -0.121. The van der Waals surface area contributed by atoms with Gasteiger partial charge < -0.3 is 15.0 Å². The maximum absolute atomic E-state index is 12.3. The number of amides is 1. The predicted molar refractivity (Wildman–Crippen MR) is 96.8 cm³/mol. The molecule has 6 heteroatoms. The topological polar surface area (TPSA) is 54.5 Å². The van der Waals surface area contributed by atoms with Gasteiger partial charge in [-0.1, -0.05) is 18.2 Å². The highest BCUT2D eigenvalue weighted by molar-refractivity contribution is 7.13. The summed E-state index contributed by atoms with van der Waals surface area (Å²) in [5.41, 5.74) is 1.09. The van der Waals surface area contributed by atoms with Crippen molar-refractivity contribution in [2.45, 2.75) is 32.2 Å². The van der Waals surface area contributed by atoms with Crippen molar-refractivity contribution >= 4 is 22.4 Å². The Labute approximate surface area is 146 Å². The number of thiazole rings is 1. The van der Waals surface area contributed by atoms with Crippen LogP contribution in [-0.4, -0.2) is 36.6 Å². The number of aryl methyl sites for hydroxylation is 1. The lowest BCUT2D eigenvalue weighted by Gasteiger charge is -2.16.